The maximum absolute atomic E-state index is 10.5. The van der Waals surface area contributed by atoms with E-state index < -0.39 is 0 Å². The Kier molecular flexibility index (Phi) is 6.30. The van der Waals surface area contributed by atoms with Gasteiger partial charge in [0.1, 0.15) is 6.10 Å². The Morgan fingerprint density at radius 3 is 2.27 bits per heavy atom. The Labute approximate surface area is 90.0 Å². The first-order valence-electron chi connectivity index (χ1n) is 3.96. The molecule has 1 rings (SSSR count). The van der Waals surface area contributed by atoms with Gasteiger partial charge in [0.2, 0.25) is 0 Å². The van der Waals surface area contributed by atoms with Gasteiger partial charge in [-0.15, -0.1) is 0 Å². The van der Waals surface area contributed by atoms with Gasteiger partial charge < -0.3 is 4.74 Å². The Hall–Kier alpha value is 0.470. The fourth-order valence-electron chi connectivity index (χ4n) is 1.42. The Morgan fingerprint density at radius 2 is 1.82 bits per heavy atom. The van der Waals surface area contributed by atoms with Crippen LogP contribution in [0.15, 0.2) is 0 Å². The van der Waals surface area contributed by atoms with Gasteiger partial charge in [-0.3, -0.25) is 4.79 Å². The van der Waals surface area contributed by atoms with Gasteiger partial charge in [-0.25, -0.2) is 0 Å². The van der Waals surface area contributed by atoms with E-state index in [1.807, 2.05) is 0 Å². The molecule has 1 fully saturated rings. The minimum atomic E-state index is -0.132. The molecule has 0 amide bonds. The van der Waals surface area contributed by atoms with Crippen molar-refractivity contribution in [3.05, 3.63) is 0 Å². The van der Waals surface area contributed by atoms with Crippen LogP contribution >= 0.6 is 0 Å². The van der Waals surface area contributed by atoms with Crippen LogP contribution < -0.4 is 0 Å². The van der Waals surface area contributed by atoms with Crippen LogP contribution in [0.2, 0.25) is 0 Å². The first kappa shape index (κ1) is 11.5. The molecule has 0 bridgehead atoms. The third-order valence-corrected chi connectivity index (χ3v) is 1.88. The number of ether oxygens (including phenoxy) is 1. The van der Waals surface area contributed by atoms with Crippen LogP contribution in [0.25, 0.3) is 0 Å². The molecule has 0 N–H and O–H groups in total. The van der Waals surface area contributed by atoms with Crippen molar-refractivity contribution in [1.29, 1.82) is 0 Å². The number of rotatable bonds is 1. The molecule has 2 nitrogen and oxygen atoms in total. The quantitative estimate of drug-likeness (QED) is 0.432. The topological polar surface area (TPSA) is 26.3 Å². The molecule has 0 atom stereocenters. The number of esters is 1. The number of carbonyl (C=O) groups is 1. The molecule has 0 heterocycles. The summed E-state index contributed by atoms with van der Waals surface area (Å²) in [6.45, 7) is 1.48. The van der Waals surface area contributed by atoms with Gasteiger partial charge in [0, 0.05) is 6.92 Å². The van der Waals surface area contributed by atoms with Crippen molar-refractivity contribution in [2.45, 2.75) is 45.1 Å². The zero-order valence-corrected chi connectivity index (χ0v) is 6.43. The van der Waals surface area contributed by atoms with E-state index in [0.29, 0.717) is 0 Å². The molecule has 0 aromatic rings. The maximum atomic E-state index is 10.5. The number of carbonyl (C=O) groups excluding carboxylic acids is 1. The summed E-state index contributed by atoms with van der Waals surface area (Å²) in [4.78, 5) is 10.5. The van der Waals surface area contributed by atoms with Crippen LogP contribution in [0.3, 0.4) is 0 Å². The molecule has 1 aliphatic carbocycles. The molecule has 0 radical (unpaired) electrons. The molecular weight excluding hydrogens is 151 g/mol. The summed E-state index contributed by atoms with van der Waals surface area (Å²) in [5.74, 6) is -0.132. The molecule has 0 saturated heterocycles. The van der Waals surface area contributed by atoms with Crippen molar-refractivity contribution in [3.63, 3.8) is 0 Å². The molecule has 0 spiro atoms. The van der Waals surface area contributed by atoms with E-state index in [9.17, 15) is 4.79 Å². The second-order valence-corrected chi connectivity index (χ2v) is 2.87. The van der Waals surface area contributed by atoms with E-state index in [4.69, 9.17) is 4.74 Å². The average molecular weight is 166 g/mol. The molecule has 0 aliphatic heterocycles. The fourth-order valence-corrected chi connectivity index (χ4v) is 1.42. The zero-order valence-electron chi connectivity index (χ0n) is 6.43. The molecule has 60 valence electrons. The SMILES string of the molecule is CC(=O)OC1CCCCC1.[NaH]. The molecule has 0 unspecified atom stereocenters. The van der Waals surface area contributed by atoms with Crippen LogP contribution in [0.1, 0.15) is 39.0 Å². The van der Waals surface area contributed by atoms with E-state index in [-0.39, 0.29) is 41.6 Å². The van der Waals surface area contributed by atoms with Crippen LogP contribution in [0.4, 0.5) is 0 Å². The van der Waals surface area contributed by atoms with Gasteiger partial charge in [-0.2, -0.15) is 0 Å². The predicted octanol–water partition coefficient (Wildman–Crippen LogP) is 1.23. The van der Waals surface area contributed by atoms with Gasteiger partial charge in [0.25, 0.3) is 0 Å². The van der Waals surface area contributed by atoms with E-state index in [2.05, 4.69) is 0 Å². The van der Waals surface area contributed by atoms with Crippen LogP contribution in [0.5, 0.6) is 0 Å². The van der Waals surface area contributed by atoms with Crippen molar-refractivity contribution >= 4 is 35.5 Å². The molecule has 1 saturated carbocycles. The second-order valence-electron chi connectivity index (χ2n) is 2.87. The summed E-state index contributed by atoms with van der Waals surface area (Å²) in [6.07, 6.45) is 6.11. The van der Waals surface area contributed by atoms with E-state index >= 15 is 0 Å². The van der Waals surface area contributed by atoms with Gasteiger partial charge in [0.05, 0.1) is 0 Å². The summed E-state index contributed by atoms with van der Waals surface area (Å²) in [5.41, 5.74) is 0. The van der Waals surface area contributed by atoms with Gasteiger partial charge in [-0.05, 0) is 25.7 Å². The second kappa shape index (κ2) is 6.04. The molecule has 1 aliphatic rings. The van der Waals surface area contributed by atoms with Gasteiger partial charge in [-0.1, -0.05) is 6.42 Å². The number of hydrogen-bond acceptors (Lipinski definition) is 2. The summed E-state index contributed by atoms with van der Waals surface area (Å²) in [6, 6.07) is 0. The van der Waals surface area contributed by atoms with Crippen LogP contribution in [-0.4, -0.2) is 41.6 Å². The van der Waals surface area contributed by atoms with Crippen molar-refractivity contribution in [3.8, 4) is 0 Å². The van der Waals surface area contributed by atoms with Gasteiger partial charge in [0.15, 0.2) is 0 Å². The van der Waals surface area contributed by atoms with Crippen molar-refractivity contribution < 1.29 is 9.53 Å². The standard InChI is InChI=1S/C8H14O2.Na.H/c1-7(9)10-8-5-3-2-4-6-8;;/h8H,2-6H2,1H3;;. The predicted molar refractivity (Wildman–Crippen MR) is 45.8 cm³/mol. The van der Waals surface area contributed by atoms with Crippen molar-refractivity contribution in [2.75, 3.05) is 0 Å². The third kappa shape index (κ3) is 4.83. The minimum absolute atomic E-state index is 0. The normalized spacial score (nSPS) is 18.6. The summed E-state index contributed by atoms with van der Waals surface area (Å²) >= 11 is 0. The first-order valence-corrected chi connectivity index (χ1v) is 3.96. The summed E-state index contributed by atoms with van der Waals surface area (Å²) < 4.78 is 5.05. The van der Waals surface area contributed by atoms with E-state index in [1.54, 1.807) is 0 Å². The first-order chi connectivity index (χ1) is 4.79. The van der Waals surface area contributed by atoms with Crippen molar-refractivity contribution in [2.24, 2.45) is 0 Å². The van der Waals surface area contributed by atoms with Crippen LogP contribution in [-0.2, 0) is 9.53 Å². The Balaban J connectivity index is 0.000001000. The van der Waals surface area contributed by atoms with Crippen LogP contribution in [0, 0.1) is 0 Å². The monoisotopic (exact) mass is 166 g/mol. The van der Waals surface area contributed by atoms with E-state index in [0.717, 1.165) is 12.8 Å². The molecule has 0 aromatic heterocycles. The molecule has 3 heteroatoms. The average Bonchev–Trinajstić information content (AvgIpc) is 1.88. The molecular formula is C8H15NaO2. The Morgan fingerprint density at radius 1 is 1.27 bits per heavy atom. The zero-order chi connectivity index (χ0) is 7.40. The van der Waals surface area contributed by atoms with Crippen molar-refractivity contribution in [1.82, 2.24) is 0 Å². The third-order valence-electron chi connectivity index (χ3n) is 1.88. The summed E-state index contributed by atoms with van der Waals surface area (Å²) in [7, 11) is 0. The Bertz CT molecular complexity index is 119. The van der Waals surface area contributed by atoms with Gasteiger partial charge >= 0.3 is 35.5 Å². The fraction of sp³-hybridized carbons (Fsp3) is 0.875. The number of hydrogen-bond donors (Lipinski definition) is 0. The van der Waals surface area contributed by atoms with E-state index in [1.165, 1.54) is 26.2 Å². The molecule has 11 heavy (non-hydrogen) atoms. The summed E-state index contributed by atoms with van der Waals surface area (Å²) in [5, 5.41) is 0. The molecule has 0 aromatic carbocycles.